The highest BCUT2D eigenvalue weighted by atomic mass is 19.1. The van der Waals surface area contributed by atoms with Crippen molar-refractivity contribution >= 4 is 0 Å². The first-order chi connectivity index (χ1) is 10.2. The molecule has 0 amide bonds. The number of nitrogens with one attached hydrogen (secondary N) is 1. The average molecular weight is 292 g/mol. The molecule has 21 heavy (non-hydrogen) atoms. The van der Waals surface area contributed by atoms with E-state index in [-0.39, 0.29) is 18.0 Å². The lowest BCUT2D eigenvalue weighted by molar-refractivity contribution is 0.0335. The normalized spacial score (nSPS) is 30.5. The second-order valence-corrected chi connectivity index (χ2v) is 6.40. The third-order valence-electron chi connectivity index (χ3n) is 5.16. The third kappa shape index (κ3) is 3.12. The Balaban J connectivity index is 1.63. The van der Waals surface area contributed by atoms with Gasteiger partial charge in [-0.3, -0.25) is 4.90 Å². The summed E-state index contributed by atoms with van der Waals surface area (Å²) in [5.41, 5.74) is 0.754. The summed E-state index contributed by atoms with van der Waals surface area (Å²) < 4.78 is 13.9. The van der Waals surface area contributed by atoms with Crippen LogP contribution in [-0.2, 0) is 0 Å². The molecule has 2 saturated heterocycles. The Morgan fingerprint density at radius 2 is 1.95 bits per heavy atom. The Bertz CT molecular complexity index is 468. The first-order valence-electron chi connectivity index (χ1n) is 8.04. The summed E-state index contributed by atoms with van der Waals surface area (Å²) in [4.78, 5) is 2.54. The summed E-state index contributed by atoms with van der Waals surface area (Å²) in [5, 5.41) is 13.1. The highest BCUT2D eigenvalue weighted by Gasteiger charge is 2.39. The summed E-state index contributed by atoms with van der Waals surface area (Å²) in [6, 6.07) is 8.12. The van der Waals surface area contributed by atoms with Gasteiger partial charge in [0.1, 0.15) is 5.82 Å². The van der Waals surface area contributed by atoms with E-state index in [0.29, 0.717) is 12.1 Å². The van der Waals surface area contributed by atoms with E-state index in [2.05, 4.69) is 10.2 Å². The quantitative estimate of drug-likeness (QED) is 0.875. The first kappa shape index (κ1) is 14.9. The number of halogens is 1. The van der Waals surface area contributed by atoms with Crippen LogP contribution >= 0.6 is 0 Å². The largest absolute Gasteiger partial charge is 0.393 e. The van der Waals surface area contributed by atoms with Crippen LogP contribution in [0.25, 0.3) is 0 Å². The second-order valence-electron chi connectivity index (χ2n) is 6.40. The summed E-state index contributed by atoms with van der Waals surface area (Å²) in [7, 11) is 1.89. The molecule has 0 aromatic heterocycles. The molecule has 3 atom stereocenters. The van der Waals surface area contributed by atoms with Crippen molar-refractivity contribution in [2.45, 2.75) is 56.3 Å². The van der Waals surface area contributed by atoms with E-state index in [4.69, 9.17) is 0 Å². The van der Waals surface area contributed by atoms with E-state index in [1.54, 1.807) is 6.07 Å². The van der Waals surface area contributed by atoms with Gasteiger partial charge < -0.3 is 10.4 Å². The number of benzene rings is 1. The van der Waals surface area contributed by atoms with Crippen LogP contribution in [0.5, 0.6) is 0 Å². The Morgan fingerprint density at radius 1 is 1.29 bits per heavy atom. The number of nitrogens with zero attached hydrogens (tertiary/aromatic N) is 1. The van der Waals surface area contributed by atoms with E-state index in [1.807, 2.05) is 19.2 Å². The highest BCUT2D eigenvalue weighted by Crippen LogP contribution is 2.36. The van der Waals surface area contributed by atoms with Crippen LogP contribution in [0, 0.1) is 5.82 Å². The molecule has 3 nitrogen and oxygen atoms in total. The van der Waals surface area contributed by atoms with Crippen LogP contribution in [-0.4, -0.2) is 41.8 Å². The zero-order valence-corrected chi connectivity index (χ0v) is 12.6. The fraction of sp³-hybridized carbons (Fsp3) is 0.647. The lowest BCUT2D eigenvalue weighted by atomic mass is 9.97. The molecule has 3 unspecified atom stereocenters. The zero-order chi connectivity index (χ0) is 14.8. The molecular formula is C17H25FN2O. The monoisotopic (exact) mass is 292 g/mol. The molecule has 1 aromatic carbocycles. The van der Waals surface area contributed by atoms with E-state index in [1.165, 1.54) is 18.9 Å². The Kier molecular flexibility index (Phi) is 4.57. The molecule has 116 valence electrons. The van der Waals surface area contributed by atoms with Gasteiger partial charge >= 0.3 is 0 Å². The molecule has 0 aliphatic carbocycles. The van der Waals surface area contributed by atoms with Crippen molar-refractivity contribution in [3.63, 3.8) is 0 Å². The van der Waals surface area contributed by atoms with Crippen molar-refractivity contribution < 1.29 is 9.50 Å². The zero-order valence-electron chi connectivity index (χ0n) is 12.6. The first-order valence-corrected chi connectivity index (χ1v) is 8.04. The number of hydrogen-bond acceptors (Lipinski definition) is 3. The molecule has 1 aromatic rings. The van der Waals surface area contributed by atoms with E-state index >= 15 is 0 Å². The van der Waals surface area contributed by atoms with Gasteiger partial charge in [0, 0.05) is 30.2 Å². The Morgan fingerprint density at radius 3 is 2.57 bits per heavy atom. The molecule has 0 saturated carbocycles. The smallest absolute Gasteiger partial charge is 0.127 e. The van der Waals surface area contributed by atoms with Crippen molar-refractivity contribution in [3.05, 3.63) is 35.6 Å². The summed E-state index contributed by atoms with van der Waals surface area (Å²) in [5.74, 6) is -0.131. The molecule has 3 rings (SSSR count). The maximum atomic E-state index is 13.9. The predicted molar refractivity (Wildman–Crippen MR) is 81.6 cm³/mol. The fourth-order valence-corrected chi connectivity index (χ4v) is 4.10. The van der Waals surface area contributed by atoms with Crippen LogP contribution in [0.3, 0.4) is 0 Å². The lowest BCUT2D eigenvalue weighted by Gasteiger charge is -2.37. The number of hydrogen-bond donors (Lipinski definition) is 2. The van der Waals surface area contributed by atoms with Crippen molar-refractivity contribution in [2.24, 2.45) is 0 Å². The van der Waals surface area contributed by atoms with Crippen molar-refractivity contribution in [1.82, 2.24) is 10.2 Å². The number of piperidine rings is 1. The maximum absolute atomic E-state index is 13.9. The van der Waals surface area contributed by atoms with Crippen molar-refractivity contribution in [2.75, 3.05) is 13.6 Å². The van der Waals surface area contributed by atoms with Crippen LogP contribution in [0.2, 0.25) is 0 Å². The lowest BCUT2D eigenvalue weighted by Crippen LogP contribution is -2.45. The van der Waals surface area contributed by atoms with E-state index in [0.717, 1.165) is 31.4 Å². The van der Waals surface area contributed by atoms with E-state index in [9.17, 15) is 9.50 Å². The molecule has 2 fully saturated rings. The van der Waals surface area contributed by atoms with Crippen LogP contribution in [0.1, 0.15) is 43.7 Å². The van der Waals surface area contributed by atoms with Gasteiger partial charge in [-0.2, -0.15) is 0 Å². The topological polar surface area (TPSA) is 35.5 Å². The molecule has 0 spiro atoms. The molecule has 2 aliphatic rings. The van der Waals surface area contributed by atoms with Crippen LogP contribution in [0.4, 0.5) is 4.39 Å². The minimum atomic E-state index is -0.131. The third-order valence-corrected chi connectivity index (χ3v) is 5.16. The molecule has 2 aliphatic heterocycles. The van der Waals surface area contributed by atoms with Gasteiger partial charge in [-0.05, 0) is 45.2 Å². The number of aliphatic hydroxyl groups is 1. The van der Waals surface area contributed by atoms with Gasteiger partial charge in [0.25, 0.3) is 0 Å². The summed E-state index contributed by atoms with van der Waals surface area (Å²) >= 11 is 0. The van der Waals surface area contributed by atoms with Gasteiger partial charge in [0.2, 0.25) is 0 Å². The minimum Gasteiger partial charge on any atom is -0.393 e. The minimum absolute atomic E-state index is 0.0532. The number of fused-ring (bicyclic) bond motifs is 2. The number of aliphatic hydroxyl groups excluding tert-OH is 1. The molecule has 2 N–H and O–H groups in total. The Hall–Kier alpha value is -0.970. The van der Waals surface area contributed by atoms with Crippen LogP contribution in [0.15, 0.2) is 24.3 Å². The van der Waals surface area contributed by atoms with Gasteiger partial charge in [0.15, 0.2) is 0 Å². The predicted octanol–water partition coefficient (Wildman–Crippen LogP) is 2.46. The standard InChI is InChI=1S/C17H25FN2O/c1-19-17(15-4-2-3-5-16(15)18)8-9-20-12-6-7-13(20)11-14(21)10-12/h2-5,12-14,17,19,21H,6-11H2,1H3. The SMILES string of the molecule is CNC(CCN1C2CCC1CC(O)C2)c1ccccc1F. The Labute approximate surface area is 126 Å². The fourth-order valence-electron chi connectivity index (χ4n) is 4.10. The van der Waals surface area contributed by atoms with Crippen LogP contribution < -0.4 is 5.32 Å². The maximum Gasteiger partial charge on any atom is 0.127 e. The van der Waals surface area contributed by atoms with E-state index < -0.39 is 0 Å². The van der Waals surface area contributed by atoms with Gasteiger partial charge in [-0.25, -0.2) is 4.39 Å². The molecule has 2 bridgehead atoms. The van der Waals surface area contributed by atoms with Crippen molar-refractivity contribution in [3.8, 4) is 0 Å². The molecule has 2 heterocycles. The number of rotatable bonds is 5. The van der Waals surface area contributed by atoms with Gasteiger partial charge in [-0.15, -0.1) is 0 Å². The summed E-state index contributed by atoms with van der Waals surface area (Å²) in [6.07, 6.45) is 4.99. The van der Waals surface area contributed by atoms with Gasteiger partial charge in [-0.1, -0.05) is 18.2 Å². The molecule has 0 radical (unpaired) electrons. The van der Waals surface area contributed by atoms with Gasteiger partial charge in [0.05, 0.1) is 6.10 Å². The van der Waals surface area contributed by atoms with Crippen molar-refractivity contribution in [1.29, 1.82) is 0 Å². The average Bonchev–Trinajstić information content (AvgIpc) is 2.72. The summed E-state index contributed by atoms with van der Waals surface area (Å²) in [6.45, 7) is 0.974. The highest BCUT2D eigenvalue weighted by molar-refractivity contribution is 5.21. The molecule has 4 heteroatoms. The molecular weight excluding hydrogens is 267 g/mol. The second kappa shape index (κ2) is 6.42.